The van der Waals surface area contributed by atoms with Gasteiger partial charge >= 0.3 is 5.97 Å². The van der Waals surface area contributed by atoms with E-state index in [1.807, 2.05) is 16.9 Å². The topological polar surface area (TPSA) is 153 Å². The minimum Gasteiger partial charge on any atom is -0.478 e. The van der Waals surface area contributed by atoms with Crippen LogP contribution in [0.2, 0.25) is 5.02 Å². The lowest BCUT2D eigenvalue weighted by Gasteiger charge is -2.32. The van der Waals surface area contributed by atoms with Crippen LogP contribution in [0.5, 0.6) is 5.88 Å². The molecular formula is C29H32ClN7O4. The number of hydrogen-bond acceptors (Lipinski definition) is 8. The molecule has 11 nitrogen and oxygen atoms in total. The number of aromatic carboxylic acids is 1. The number of likely N-dealkylation sites (tertiary alicyclic amines) is 1. The minimum absolute atomic E-state index is 0. The first-order chi connectivity index (χ1) is 19.5. The molecule has 0 bridgehead atoms. The van der Waals surface area contributed by atoms with Crippen LogP contribution in [0.15, 0.2) is 48.7 Å². The summed E-state index contributed by atoms with van der Waals surface area (Å²) >= 11 is 6.26. The smallest absolute Gasteiger partial charge is 0.335 e. The first-order valence-corrected chi connectivity index (χ1v) is 13.8. The highest BCUT2D eigenvalue weighted by molar-refractivity contribution is 6.31. The number of halogens is 1. The van der Waals surface area contributed by atoms with Gasteiger partial charge in [0, 0.05) is 42.5 Å². The molecule has 2 fully saturated rings. The second-order valence-electron chi connectivity index (χ2n) is 10.3. The molecule has 12 heteroatoms. The number of benzene rings is 2. The average Bonchev–Trinajstić information content (AvgIpc) is 3.54. The minimum atomic E-state index is -0.941. The van der Waals surface area contributed by atoms with E-state index in [2.05, 4.69) is 20.6 Å². The molecule has 2 aromatic heterocycles. The fourth-order valence-electron chi connectivity index (χ4n) is 5.29. The third-order valence-corrected chi connectivity index (χ3v) is 8.04. The Morgan fingerprint density at radius 1 is 1.17 bits per heavy atom. The molecule has 0 aliphatic carbocycles. The van der Waals surface area contributed by atoms with Gasteiger partial charge in [-0.15, -0.1) is 5.10 Å². The summed E-state index contributed by atoms with van der Waals surface area (Å²) in [6, 6.07) is 14.5. The van der Waals surface area contributed by atoms with E-state index in [0.29, 0.717) is 29.6 Å². The van der Waals surface area contributed by atoms with Crippen molar-refractivity contribution in [1.29, 1.82) is 5.26 Å². The maximum Gasteiger partial charge on any atom is 0.335 e. The van der Waals surface area contributed by atoms with Gasteiger partial charge < -0.3 is 25.3 Å². The van der Waals surface area contributed by atoms with E-state index in [9.17, 15) is 9.90 Å². The number of carboxylic acid groups (broad SMARTS) is 1. The molecule has 2 aromatic carbocycles. The Labute approximate surface area is 242 Å². The molecular weight excluding hydrogens is 546 g/mol. The first-order valence-electron chi connectivity index (χ1n) is 13.4. The molecule has 2 saturated heterocycles. The molecule has 4 heterocycles. The van der Waals surface area contributed by atoms with Gasteiger partial charge in [0.1, 0.15) is 12.4 Å². The van der Waals surface area contributed by atoms with Crippen LogP contribution in [0.3, 0.4) is 0 Å². The van der Waals surface area contributed by atoms with Crippen LogP contribution in [0.25, 0.3) is 11.0 Å². The van der Waals surface area contributed by atoms with Gasteiger partial charge in [0.15, 0.2) is 0 Å². The first kappa shape index (κ1) is 28.6. The molecule has 0 amide bonds. The van der Waals surface area contributed by atoms with E-state index in [0.717, 1.165) is 61.4 Å². The van der Waals surface area contributed by atoms with Crippen molar-refractivity contribution in [3.05, 3.63) is 76.2 Å². The summed E-state index contributed by atoms with van der Waals surface area (Å²) in [7, 11) is 0. The van der Waals surface area contributed by atoms with Gasteiger partial charge in [0.25, 0.3) is 0 Å². The van der Waals surface area contributed by atoms with Gasteiger partial charge in [-0.05, 0) is 49.6 Å². The van der Waals surface area contributed by atoms with Crippen LogP contribution in [0, 0.1) is 11.3 Å². The van der Waals surface area contributed by atoms with Crippen LogP contribution >= 0.6 is 11.6 Å². The molecule has 0 spiro atoms. The Balaban J connectivity index is 0.00000337. The molecule has 4 aromatic rings. The van der Waals surface area contributed by atoms with Crippen LogP contribution in [-0.2, 0) is 24.4 Å². The van der Waals surface area contributed by atoms with Crippen LogP contribution < -0.4 is 10.9 Å². The Kier molecular flexibility index (Phi) is 8.56. The summed E-state index contributed by atoms with van der Waals surface area (Å²) in [6.07, 6.45) is 4.97. The number of fused-ring (bicyclic) bond motifs is 1. The van der Waals surface area contributed by atoms with Gasteiger partial charge in [0.2, 0.25) is 5.88 Å². The highest BCUT2D eigenvalue weighted by atomic mass is 35.5. The average molecular weight is 578 g/mol. The van der Waals surface area contributed by atoms with Crippen molar-refractivity contribution < 1.29 is 19.4 Å². The number of carbonyl (C=O) groups is 1. The zero-order valence-corrected chi connectivity index (χ0v) is 23.3. The SMILES string of the molecule is N.N#Cc1ccc(COc2ccn(C3CCN(Cc4nc5ccc(C(=O)O)cc5n4C[C@@H]4CCO4)CC3)n2)c(Cl)c1. The second kappa shape index (κ2) is 12.3. The quantitative estimate of drug-likeness (QED) is 0.285. The van der Waals surface area contributed by atoms with E-state index in [-0.39, 0.29) is 30.5 Å². The standard InChI is InChI=1S/C29H29ClN6O4.H3N/c30-24-13-19(15-31)1-2-21(24)18-40-28-7-11-36(33-28)22-5-9-34(10-6-22)17-27-32-25-4-3-20(29(37)38)14-26(25)35(27)16-23-8-12-39-23;/h1-4,7,11,13-14,22-23H,5-6,8-10,12,16-18H2,(H,37,38);1H3/t23-;/m0./s1. The third kappa shape index (κ3) is 6.21. The molecule has 0 unspecified atom stereocenters. The summed E-state index contributed by atoms with van der Waals surface area (Å²) in [5.74, 6) is 0.529. The van der Waals surface area contributed by atoms with Gasteiger partial charge in [-0.2, -0.15) is 5.26 Å². The lowest BCUT2D eigenvalue weighted by molar-refractivity contribution is -0.0592. The number of carboxylic acids is 1. The summed E-state index contributed by atoms with van der Waals surface area (Å²) in [5.41, 5.74) is 3.23. The van der Waals surface area contributed by atoms with Gasteiger partial charge in [-0.25, -0.2) is 9.78 Å². The lowest BCUT2D eigenvalue weighted by Crippen LogP contribution is -2.36. The fourth-order valence-corrected chi connectivity index (χ4v) is 5.53. The molecule has 0 radical (unpaired) electrons. The zero-order valence-electron chi connectivity index (χ0n) is 22.6. The van der Waals surface area contributed by atoms with Crippen LogP contribution in [0.4, 0.5) is 0 Å². The predicted molar refractivity (Wildman–Crippen MR) is 152 cm³/mol. The van der Waals surface area contributed by atoms with Gasteiger partial charge in [0.05, 0.1) is 53.5 Å². The number of imidazole rings is 1. The predicted octanol–water partition coefficient (Wildman–Crippen LogP) is 4.82. The Morgan fingerprint density at radius 3 is 2.66 bits per heavy atom. The van der Waals surface area contributed by atoms with Crippen molar-refractivity contribution in [3.8, 4) is 11.9 Å². The molecule has 4 N–H and O–H groups in total. The van der Waals surface area contributed by atoms with Crippen molar-refractivity contribution in [3.63, 3.8) is 0 Å². The molecule has 41 heavy (non-hydrogen) atoms. The highest BCUT2D eigenvalue weighted by Gasteiger charge is 2.26. The van der Waals surface area contributed by atoms with Crippen LogP contribution in [0.1, 0.15) is 52.6 Å². The Hall–Kier alpha value is -3.95. The summed E-state index contributed by atoms with van der Waals surface area (Å²) in [5, 5.41) is 23.6. The third-order valence-electron chi connectivity index (χ3n) is 7.69. The summed E-state index contributed by atoms with van der Waals surface area (Å²) in [6.45, 7) is 4.20. The van der Waals surface area contributed by atoms with E-state index in [4.69, 9.17) is 31.3 Å². The normalized spacial score (nSPS) is 17.5. The number of ether oxygens (including phenoxy) is 2. The van der Waals surface area contributed by atoms with E-state index in [1.54, 1.807) is 36.4 Å². The lowest BCUT2D eigenvalue weighted by atomic mass is 10.1. The van der Waals surface area contributed by atoms with E-state index >= 15 is 0 Å². The van der Waals surface area contributed by atoms with Crippen molar-refractivity contribution >= 4 is 28.6 Å². The Bertz CT molecular complexity index is 1580. The highest BCUT2D eigenvalue weighted by Crippen LogP contribution is 2.27. The maximum absolute atomic E-state index is 11.6. The number of nitrogens with zero attached hydrogens (tertiary/aromatic N) is 6. The van der Waals surface area contributed by atoms with Crippen molar-refractivity contribution in [2.24, 2.45) is 0 Å². The number of piperidine rings is 1. The number of nitriles is 1. The van der Waals surface area contributed by atoms with Crippen molar-refractivity contribution in [2.45, 2.75) is 51.1 Å². The number of aromatic nitrogens is 4. The second-order valence-corrected chi connectivity index (χ2v) is 10.7. The van der Waals surface area contributed by atoms with Crippen molar-refractivity contribution in [2.75, 3.05) is 19.7 Å². The number of hydrogen-bond donors (Lipinski definition) is 2. The molecule has 0 saturated carbocycles. The molecule has 2 aliphatic rings. The Morgan fingerprint density at radius 2 is 1.98 bits per heavy atom. The number of rotatable bonds is 9. The molecule has 2 aliphatic heterocycles. The maximum atomic E-state index is 11.6. The molecule has 6 rings (SSSR count). The monoisotopic (exact) mass is 577 g/mol. The van der Waals surface area contributed by atoms with Crippen LogP contribution in [-0.4, -0.2) is 61.1 Å². The fraction of sp³-hybridized carbons (Fsp3) is 0.379. The summed E-state index contributed by atoms with van der Waals surface area (Å²) < 4.78 is 15.7. The summed E-state index contributed by atoms with van der Waals surface area (Å²) in [4.78, 5) is 18.8. The van der Waals surface area contributed by atoms with E-state index < -0.39 is 5.97 Å². The molecule has 1 atom stereocenters. The van der Waals surface area contributed by atoms with E-state index in [1.165, 1.54) is 0 Å². The van der Waals surface area contributed by atoms with Gasteiger partial charge in [-0.1, -0.05) is 17.7 Å². The van der Waals surface area contributed by atoms with Gasteiger partial charge in [-0.3, -0.25) is 9.58 Å². The zero-order chi connectivity index (χ0) is 27.6. The van der Waals surface area contributed by atoms with Crippen molar-refractivity contribution in [1.82, 2.24) is 30.4 Å². The largest absolute Gasteiger partial charge is 0.478 e. The molecule has 214 valence electrons.